The second-order valence-electron chi connectivity index (χ2n) is 4.28. The number of hydrogen-bond donors (Lipinski definition) is 1. The summed E-state index contributed by atoms with van der Waals surface area (Å²) in [7, 11) is -1.17. The lowest BCUT2D eigenvalue weighted by Crippen LogP contribution is -2.44. The average Bonchev–Trinajstić information content (AvgIpc) is 2.13. The third-order valence-corrected chi connectivity index (χ3v) is 4.76. The summed E-state index contributed by atoms with van der Waals surface area (Å²) < 4.78 is 22.7. The van der Waals surface area contributed by atoms with Crippen molar-refractivity contribution in [1.29, 1.82) is 0 Å². The molecular weight excluding hydrogens is 214 g/mol. The lowest BCUT2D eigenvalue weighted by molar-refractivity contribution is 0.104. The van der Waals surface area contributed by atoms with Crippen molar-refractivity contribution in [2.24, 2.45) is 0 Å². The van der Waals surface area contributed by atoms with E-state index in [9.17, 15) is 13.5 Å². The Balaban J connectivity index is 4.38. The van der Waals surface area contributed by atoms with E-state index in [1.807, 2.05) is 25.8 Å². The van der Waals surface area contributed by atoms with Gasteiger partial charge in [0.15, 0.2) is 9.84 Å². The van der Waals surface area contributed by atoms with Crippen LogP contribution in [-0.2, 0) is 9.84 Å². The number of hydrogen-bond acceptors (Lipinski definition) is 4. The van der Waals surface area contributed by atoms with Crippen LogP contribution in [0, 0.1) is 0 Å². The van der Waals surface area contributed by atoms with Crippen molar-refractivity contribution < 1.29 is 13.5 Å². The van der Waals surface area contributed by atoms with E-state index in [0.29, 0.717) is 13.0 Å². The summed E-state index contributed by atoms with van der Waals surface area (Å²) in [6.07, 6.45) is 1.55. The van der Waals surface area contributed by atoms with Gasteiger partial charge in [0.05, 0.1) is 11.4 Å². The lowest BCUT2D eigenvalue weighted by Gasteiger charge is -2.30. The third kappa shape index (κ3) is 4.95. The molecule has 4 nitrogen and oxygen atoms in total. The second kappa shape index (κ2) is 5.82. The van der Waals surface area contributed by atoms with Crippen LogP contribution in [0.1, 0.15) is 27.2 Å². The van der Waals surface area contributed by atoms with E-state index >= 15 is 0 Å². The van der Waals surface area contributed by atoms with Gasteiger partial charge in [-0.2, -0.15) is 0 Å². The number of aliphatic hydroxyl groups is 1. The van der Waals surface area contributed by atoms with Gasteiger partial charge in [-0.05, 0) is 27.3 Å². The topological polar surface area (TPSA) is 57.6 Å². The van der Waals surface area contributed by atoms with Crippen molar-refractivity contribution >= 4 is 9.84 Å². The summed E-state index contributed by atoms with van der Waals surface area (Å²) in [5, 5.41) is 9.06. The number of rotatable bonds is 6. The normalized spacial score (nSPS) is 18.9. The first kappa shape index (κ1) is 14.9. The van der Waals surface area contributed by atoms with Gasteiger partial charge in [0.2, 0.25) is 0 Å². The fourth-order valence-corrected chi connectivity index (χ4v) is 2.27. The molecule has 0 spiro atoms. The summed E-state index contributed by atoms with van der Waals surface area (Å²) in [6, 6.07) is -0.0822. The van der Waals surface area contributed by atoms with Crippen LogP contribution in [0.2, 0.25) is 0 Å². The van der Waals surface area contributed by atoms with E-state index in [-0.39, 0.29) is 12.1 Å². The number of sulfone groups is 1. The maximum Gasteiger partial charge on any atom is 0.151 e. The number of aliphatic hydroxyl groups excluding tert-OH is 1. The van der Waals surface area contributed by atoms with Crippen LogP contribution in [0.15, 0.2) is 0 Å². The minimum Gasteiger partial charge on any atom is -0.392 e. The summed E-state index contributed by atoms with van der Waals surface area (Å²) in [6.45, 7) is 5.99. The summed E-state index contributed by atoms with van der Waals surface area (Å²) in [5.74, 6) is 0. The van der Waals surface area contributed by atoms with Gasteiger partial charge in [-0.1, -0.05) is 6.92 Å². The SMILES string of the molecule is CCC(O)CN(C)C(C)C(C)S(C)(=O)=O. The highest BCUT2D eigenvalue weighted by Gasteiger charge is 2.25. The summed E-state index contributed by atoms with van der Waals surface area (Å²) >= 11 is 0. The molecule has 0 saturated carbocycles. The van der Waals surface area contributed by atoms with Gasteiger partial charge < -0.3 is 5.11 Å². The van der Waals surface area contributed by atoms with E-state index < -0.39 is 15.1 Å². The van der Waals surface area contributed by atoms with Crippen LogP contribution < -0.4 is 0 Å². The third-order valence-electron chi connectivity index (χ3n) is 3.02. The highest BCUT2D eigenvalue weighted by molar-refractivity contribution is 7.91. The maximum atomic E-state index is 11.3. The molecule has 0 fully saturated rings. The molecule has 1 N–H and O–H groups in total. The van der Waals surface area contributed by atoms with Crippen molar-refractivity contribution in [3.05, 3.63) is 0 Å². The quantitative estimate of drug-likeness (QED) is 0.731. The first-order chi connectivity index (χ1) is 6.70. The van der Waals surface area contributed by atoms with E-state index in [2.05, 4.69) is 0 Å². The Hall–Kier alpha value is -0.130. The molecule has 0 rings (SSSR count). The predicted molar refractivity (Wildman–Crippen MR) is 62.7 cm³/mol. The van der Waals surface area contributed by atoms with Crippen LogP contribution in [0.3, 0.4) is 0 Å². The van der Waals surface area contributed by atoms with Gasteiger partial charge in [-0.25, -0.2) is 8.42 Å². The van der Waals surface area contributed by atoms with Gasteiger partial charge in [-0.15, -0.1) is 0 Å². The first-order valence-electron chi connectivity index (χ1n) is 5.27. The molecule has 0 bridgehead atoms. The molecule has 0 aromatic carbocycles. The van der Waals surface area contributed by atoms with Crippen molar-refractivity contribution in [2.45, 2.75) is 44.6 Å². The highest BCUT2D eigenvalue weighted by Crippen LogP contribution is 2.10. The van der Waals surface area contributed by atoms with Gasteiger partial charge >= 0.3 is 0 Å². The van der Waals surface area contributed by atoms with E-state index in [1.165, 1.54) is 6.26 Å². The molecule has 0 aliphatic heterocycles. The molecule has 0 aromatic heterocycles. The molecule has 0 aliphatic carbocycles. The maximum absolute atomic E-state index is 11.3. The van der Waals surface area contributed by atoms with E-state index in [4.69, 9.17) is 0 Å². The Morgan fingerprint density at radius 1 is 1.33 bits per heavy atom. The Morgan fingerprint density at radius 3 is 2.13 bits per heavy atom. The fraction of sp³-hybridized carbons (Fsp3) is 1.00. The zero-order chi connectivity index (χ0) is 12.2. The number of nitrogens with zero attached hydrogens (tertiary/aromatic N) is 1. The van der Waals surface area contributed by atoms with Crippen molar-refractivity contribution in [3.8, 4) is 0 Å². The minimum absolute atomic E-state index is 0.0822. The molecule has 3 atom stereocenters. The van der Waals surface area contributed by atoms with Gasteiger partial charge in [0, 0.05) is 18.8 Å². The van der Waals surface area contributed by atoms with Gasteiger partial charge in [-0.3, -0.25) is 4.90 Å². The Bertz CT molecular complexity index is 276. The predicted octanol–water partition coefficient (Wildman–Crippen LogP) is 0.511. The fourth-order valence-electron chi connectivity index (χ4n) is 1.34. The molecule has 3 unspecified atom stereocenters. The second-order valence-corrected chi connectivity index (χ2v) is 6.68. The summed E-state index contributed by atoms with van der Waals surface area (Å²) in [5.41, 5.74) is 0. The monoisotopic (exact) mass is 237 g/mol. The number of likely N-dealkylation sites (N-methyl/N-ethyl adjacent to an activating group) is 1. The Labute approximate surface area is 93.2 Å². The van der Waals surface area contributed by atoms with Gasteiger partial charge in [0.25, 0.3) is 0 Å². The molecule has 92 valence electrons. The molecule has 15 heavy (non-hydrogen) atoms. The van der Waals surface area contributed by atoms with E-state index in [1.54, 1.807) is 6.92 Å². The van der Waals surface area contributed by atoms with Crippen molar-refractivity contribution in [1.82, 2.24) is 4.90 Å². The molecule has 0 aliphatic rings. The lowest BCUT2D eigenvalue weighted by atomic mass is 10.2. The zero-order valence-electron chi connectivity index (χ0n) is 10.3. The average molecular weight is 237 g/mol. The first-order valence-corrected chi connectivity index (χ1v) is 7.22. The largest absolute Gasteiger partial charge is 0.392 e. The molecule has 0 heterocycles. The molecular formula is C10H23NO3S. The van der Waals surface area contributed by atoms with Crippen molar-refractivity contribution in [2.75, 3.05) is 19.8 Å². The van der Waals surface area contributed by atoms with Crippen molar-refractivity contribution in [3.63, 3.8) is 0 Å². The molecule has 0 radical (unpaired) electrons. The Morgan fingerprint density at radius 2 is 1.80 bits per heavy atom. The highest BCUT2D eigenvalue weighted by atomic mass is 32.2. The van der Waals surface area contributed by atoms with E-state index in [0.717, 1.165) is 0 Å². The summed E-state index contributed by atoms with van der Waals surface area (Å²) in [4.78, 5) is 1.89. The molecule has 5 heteroatoms. The van der Waals surface area contributed by atoms with Crippen LogP contribution in [-0.4, -0.2) is 55.7 Å². The standard InChI is InChI=1S/C10H23NO3S/c1-6-10(12)7-11(4)8(2)9(3)15(5,13)14/h8-10,12H,6-7H2,1-5H3. The van der Waals surface area contributed by atoms with Crippen LogP contribution in [0.25, 0.3) is 0 Å². The smallest absolute Gasteiger partial charge is 0.151 e. The van der Waals surface area contributed by atoms with Crippen LogP contribution in [0.5, 0.6) is 0 Å². The minimum atomic E-state index is -3.01. The Kier molecular flexibility index (Phi) is 5.77. The molecule has 0 aromatic rings. The molecule has 0 saturated heterocycles. The van der Waals surface area contributed by atoms with Crippen LogP contribution >= 0.6 is 0 Å². The molecule has 0 amide bonds. The zero-order valence-corrected chi connectivity index (χ0v) is 11.1. The van der Waals surface area contributed by atoms with Gasteiger partial charge in [0.1, 0.15) is 0 Å². The van der Waals surface area contributed by atoms with Crippen LogP contribution in [0.4, 0.5) is 0 Å².